The summed E-state index contributed by atoms with van der Waals surface area (Å²) in [7, 11) is 1.90. The van der Waals surface area contributed by atoms with Crippen LogP contribution < -0.4 is 5.32 Å². The largest absolute Gasteiger partial charge is 0.436 e. The Bertz CT molecular complexity index is 1630. The van der Waals surface area contributed by atoms with Crippen LogP contribution in [0.2, 0.25) is 0 Å². The number of hydrogen-bond donors (Lipinski definition) is 1. The molecular weight excluding hydrogens is 606 g/mol. The molecule has 0 radical (unpaired) electrons. The van der Waals surface area contributed by atoms with Crippen LogP contribution in [0.1, 0.15) is 61.6 Å². The minimum atomic E-state index is -0.912. The lowest BCUT2D eigenvalue weighted by Crippen LogP contribution is -2.53. The first-order valence-corrected chi connectivity index (χ1v) is 17.9. The number of piperidine rings is 3. The summed E-state index contributed by atoms with van der Waals surface area (Å²) in [4.78, 5) is 49.1. The lowest BCUT2D eigenvalue weighted by atomic mass is 9.98. The number of amides is 4. The van der Waals surface area contributed by atoms with Crippen LogP contribution in [0.5, 0.6) is 0 Å². The smallest absolute Gasteiger partial charge is 0.410 e. The van der Waals surface area contributed by atoms with Gasteiger partial charge in [0.25, 0.3) is 5.91 Å². The number of likely N-dealkylation sites (tertiary alicyclic amines) is 3. The van der Waals surface area contributed by atoms with Gasteiger partial charge in [-0.2, -0.15) is 5.10 Å². The van der Waals surface area contributed by atoms with Crippen LogP contribution in [-0.2, 0) is 29.4 Å². The number of fused-ring (bicyclic) bond motifs is 2. The van der Waals surface area contributed by atoms with Crippen molar-refractivity contribution in [1.82, 2.24) is 29.4 Å². The van der Waals surface area contributed by atoms with Crippen molar-refractivity contribution in [1.29, 1.82) is 0 Å². The molecule has 0 spiro atoms. The summed E-state index contributed by atoms with van der Waals surface area (Å²) in [5.74, 6) is -0.111. The second-order valence-electron chi connectivity index (χ2n) is 14.1. The van der Waals surface area contributed by atoms with Crippen molar-refractivity contribution in [3.8, 4) is 0 Å². The highest BCUT2D eigenvalue weighted by atomic mass is 16.6. The molecule has 1 aromatic heterocycles. The number of nitrogens with zero attached hydrogens (tertiary/aromatic N) is 6. The maximum absolute atomic E-state index is 14.1. The van der Waals surface area contributed by atoms with Gasteiger partial charge in [-0.3, -0.25) is 9.48 Å². The molecule has 1 atom stereocenters. The van der Waals surface area contributed by atoms with Crippen LogP contribution in [0.25, 0.3) is 10.9 Å². The lowest BCUT2D eigenvalue weighted by Gasteiger charge is -2.41. The van der Waals surface area contributed by atoms with Crippen LogP contribution in [0, 0.1) is 6.92 Å². The van der Waals surface area contributed by atoms with E-state index in [4.69, 9.17) is 4.74 Å². The Morgan fingerprint density at radius 3 is 2.40 bits per heavy atom. The van der Waals surface area contributed by atoms with E-state index in [1.54, 1.807) is 9.58 Å². The summed E-state index contributed by atoms with van der Waals surface area (Å²) >= 11 is 0. The molecule has 3 aromatic rings. The zero-order valence-corrected chi connectivity index (χ0v) is 28.4. The third kappa shape index (κ3) is 7.02. The van der Waals surface area contributed by atoms with E-state index in [2.05, 4.69) is 33.5 Å². The first-order valence-electron chi connectivity index (χ1n) is 17.9. The maximum atomic E-state index is 14.1. The number of ether oxygens (including phenoxy) is 1. The molecule has 3 fully saturated rings. The van der Waals surface area contributed by atoms with Gasteiger partial charge in [-0.15, -0.1) is 0 Å². The molecule has 7 rings (SSSR count). The minimum Gasteiger partial charge on any atom is -0.436 e. The van der Waals surface area contributed by atoms with Crippen molar-refractivity contribution < 1.29 is 19.1 Å². The fourth-order valence-corrected chi connectivity index (χ4v) is 8.25. The summed E-state index contributed by atoms with van der Waals surface area (Å²) in [6, 6.07) is 12.5. The molecule has 11 heteroatoms. The first-order chi connectivity index (χ1) is 23.3. The highest BCUT2D eigenvalue weighted by Crippen LogP contribution is 2.27. The van der Waals surface area contributed by atoms with Gasteiger partial charge in [-0.05, 0) is 93.8 Å². The highest BCUT2D eigenvalue weighted by Gasteiger charge is 2.36. The van der Waals surface area contributed by atoms with Crippen molar-refractivity contribution in [2.45, 2.75) is 82.9 Å². The molecule has 11 nitrogen and oxygen atoms in total. The van der Waals surface area contributed by atoms with Crippen LogP contribution in [0.15, 0.2) is 42.6 Å². The molecule has 0 bridgehead atoms. The number of benzene rings is 2. The van der Waals surface area contributed by atoms with Gasteiger partial charge in [0.2, 0.25) is 0 Å². The summed E-state index contributed by atoms with van der Waals surface area (Å²) in [5, 5.41) is 8.65. The third-order valence-corrected chi connectivity index (χ3v) is 10.9. The second kappa shape index (κ2) is 14.2. The molecular formula is C37H49N7O4. The predicted molar refractivity (Wildman–Crippen MR) is 185 cm³/mol. The molecule has 4 aliphatic heterocycles. The number of para-hydroxylation sites is 1. The normalized spacial score (nSPS) is 20.7. The highest BCUT2D eigenvalue weighted by molar-refractivity contribution is 5.91. The van der Waals surface area contributed by atoms with Gasteiger partial charge in [-0.1, -0.05) is 30.7 Å². The van der Waals surface area contributed by atoms with Crippen molar-refractivity contribution in [3.05, 3.63) is 59.3 Å². The topological polar surface area (TPSA) is 103 Å². The van der Waals surface area contributed by atoms with Crippen LogP contribution in [-0.4, -0.2) is 111 Å². The van der Waals surface area contributed by atoms with E-state index in [1.807, 2.05) is 48.2 Å². The van der Waals surface area contributed by atoms with E-state index >= 15 is 0 Å². The average molecular weight is 656 g/mol. The molecule has 1 N–H and O–H groups in total. The molecule has 48 heavy (non-hydrogen) atoms. The maximum Gasteiger partial charge on any atom is 0.410 e. The number of aromatic nitrogens is 2. The van der Waals surface area contributed by atoms with E-state index < -0.39 is 12.2 Å². The number of aryl methyl sites for hydroxylation is 2. The fourth-order valence-electron chi connectivity index (χ4n) is 8.25. The van der Waals surface area contributed by atoms with E-state index in [0.29, 0.717) is 58.0 Å². The molecule has 4 aliphatic rings. The zero-order valence-electron chi connectivity index (χ0n) is 28.4. The number of rotatable bonds is 6. The van der Waals surface area contributed by atoms with E-state index in [0.717, 1.165) is 65.6 Å². The quantitative estimate of drug-likeness (QED) is 0.403. The average Bonchev–Trinajstić information content (AvgIpc) is 3.40. The van der Waals surface area contributed by atoms with Crippen LogP contribution in [0.4, 0.5) is 15.3 Å². The van der Waals surface area contributed by atoms with Crippen LogP contribution >= 0.6 is 0 Å². The molecule has 0 unspecified atom stereocenters. The number of carbonyl (C=O) groups excluding carboxylic acids is 3. The molecule has 0 aliphatic carbocycles. The summed E-state index contributed by atoms with van der Waals surface area (Å²) < 4.78 is 7.94. The van der Waals surface area contributed by atoms with E-state index in [-0.39, 0.29) is 18.0 Å². The summed E-state index contributed by atoms with van der Waals surface area (Å²) in [5.41, 5.74) is 4.93. The standard InChI is InChI=1S/C37H49N7O4/c1-26-22-27(23-29-25-40(2)39-34(26)29)24-33(35(45)42-17-11-30(12-18-42)41-15-6-3-7-16-41)48-37(47)43-19-13-31(14-20-43)44-21-10-28-8-4-5-9-32(28)38-36(44)46/h4-5,8-9,22-23,25,30-31,33H,3,6-7,10-21,24H2,1-2H3,(H,38,46)/t33-/m1/s1. The minimum absolute atomic E-state index is 0.0381. The monoisotopic (exact) mass is 655 g/mol. The van der Waals surface area contributed by atoms with Crippen molar-refractivity contribution in [2.24, 2.45) is 7.05 Å². The van der Waals surface area contributed by atoms with Crippen molar-refractivity contribution in [3.63, 3.8) is 0 Å². The molecule has 2 aromatic carbocycles. The van der Waals surface area contributed by atoms with Gasteiger partial charge in [0.15, 0.2) is 6.10 Å². The Morgan fingerprint density at radius 2 is 1.62 bits per heavy atom. The number of nitrogens with one attached hydrogen (secondary N) is 1. The molecule has 3 saturated heterocycles. The lowest BCUT2D eigenvalue weighted by molar-refractivity contribution is -0.142. The van der Waals surface area contributed by atoms with Crippen molar-refractivity contribution >= 4 is 34.6 Å². The van der Waals surface area contributed by atoms with E-state index in [1.165, 1.54) is 19.3 Å². The van der Waals surface area contributed by atoms with Gasteiger partial charge in [-0.25, -0.2) is 9.59 Å². The molecule has 0 saturated carbocycles. The number of hydrogen-bond acceptors (Lipinski definition) is 6. The van der Waals surface area contributed by atoms with Crippen molar-refractivity contribution in [2.75, 3.05) is 51.1 Å². The Balaban J connectivity index is 1.01. The van der Waals surface area contributed by atoms with Gasteiger partial charge >= 0.3 is 12.1 Å². The first kappa shape index (κ1) is 32.4. The summed E-state index contributed by atoms with van der Waals surface area (Å²) in [6.07, 6.45) is 8.78. The Kier molecular flexibility index (Phi) is 9.57. The molecule has 256 valence electrons. The van der Waals surface area contributed by atoms with Gasteiger partial charge in [0, 0.05) is 75.5 Å². The Hall–Kier alpha value is -4.12. The number of carbonyl (C=O) groups is 3. The predicted octanol–water partition coefficient (Wildman–Crippen LogP) is 4.96. The van der Waals surface area contributed by atoms with E-state index in [9.17, 15) is 14.4 Å². The SMILES string of the molecule is Cc1cc(C[C@@H](OC(=O)N2CCC(N3CCc4ccccc4NC3=O)CC2)C(=O)N2CCC(N3CCCCC3)CC2)cc2cn(C)nc12. The van der Waals surface area contributed by atoms with Gasteiger partial charge < -0.3 is 29.7 Å². The fraction of sp³-hybridized carbons (Fsp3) is 0.568. The number of urea groups is 1. The zero-order chi connectivity index (χ0) is 33.2. The van der Waals surface area contributed by atoms with Gasteiger partial charge in [0.05, 0.1) is 5.52 Å². The molecule has 4 amide bonds. The van der Waals surface area contributed by atoms with Crippen LogP contribution in [0.3, 0.4) is 0 Å². The second-order valence-corrected chi connectivity index (χ2v) is 14.1. The Morgan fingerprint density at radius 1 is 0.917 bits per heavy atom. The molecule has 5 heterocycles. The Labute approximate surface area is 283 Å². The third-order valence-electron chi connectivity index (χ3n) is 10.9. The number of anilines is 1. The summed E-state index contributed by atoms with van der Waals surface area (Å²) in [6.45, 7) is 7.30. The van der Waals surface area contributed by atoms with Gasteiger partial charge in [0.1, 0.15) is 0 Å².